The van der Waals surface area contributed by atoms with Crippen LogP contribution in [0.1, 0.15) is 17.2 Å². The van der Waals surface area contributed by atoms with Crippen LogP contribution in [0.25, 0.3) is 16.6 Å². The quantitative estimate of drug-likeness (QED) is 0.0967. The number of alkyl halides is 3. The van der Waals surface area contributed by atoms with Crippen LogP contribution in [0.15, 0.2) is 124 Å². The van der Waals surface area contributed by atoms with E-state index in [1.807, 2.05) is 0 Å². The molecule has 2 aromatic heterocycles. The summed E-state index contributed by atoms with van der Waals surface area (Å²) in [5.74, 6) is -1.07. The van der Waals surface area contributed by atoms with Gasteiger partial charge in [-0.3, -0.25) is 9.36 Å². The molecule has 6 aromatic rings. The Morgan fingerprint density at radius 1 is 0.925 bits per heavy atom. The van der Waals surface area contributed by atoms with E-state index in [0.29, 0.717) is 17.4 Å². The molecular formula is C36H27F4N3O8S2. The molecule has 0 fully saturated rings. The highest BCUT2D eigenvalue weighted by Gasteiger charge is 2.46. The van der Waals surface area contributed by atoms with E-state index in [0.717, 1.165) is 28.1 Å². The van der Waals surface area contributed by atoms with E-state index in [1.165, 1.54) is 55.8 Å². The van der Waals surface area contributed by atoms with Crippen molar-refractivity contribution in [1.82, 2.24) is 9.72 Å². The molecule has 11 nitrogen and oxygen atoms in total. The molecule has 4 aromatic carbocycles. The molecule has 6 rings (SSSR count). The maximum absolute atomic E-state index is 15.8. The first-order valence-corrected chi connectivity index (χ1v) is 17.2. The average Bonchev–Trinajstić information content (AvgIpc) is 3.67. The monoisotopic (exact) mass is 769 g/mol. The molecule has 0 aliphatic carbocycles. The number of aromatic nitrogens is 2. The van der Waals surface area contributed by atoms with Gasteiger partial charge in [-0.2, -0.15) is 13.2 Å². The van der Waals surface area contributed by atoms with Gasteiger partial charge in [0, 0.05) is 41.4 Å². The summed E-state index contributed by atoms with van der Waals surface area (Å²) < 4.78 is 114. The van der Waals surface area contributed by atoms with Gasteiger partial charge < -0.3 is 23.5 Å². The molecule has 0 aliphatic heterocycles. The van der Waals surface area contributed by atoms with E-state index < -0.39 is 44.5 Å². The molecular weight excluding hydrogens is 743 g/mol. The van der Waals surface area contributed by atoms with Crippen molar-refractivity contribution in [2.45, 2.75) is 23.7 Å². The van der Waals surface area contributed by atoms with Gasteiger partial charge in [0.05, 0.1) is 36.9 Å². The van der Waals surface area contributed by atoms with Gasteiger partial charge in [-0.1, -0.05) is 35.5 Å². The van der Waals surface area contributed by atoms with E-state index in [-0.39, 0.29) is 45.3 Å². The van der Waals surface area contributed by atoms with E-state index in [4.69, 9.17) is 35.7 Å². The van der Waals surface area contributed by atoms with Crippen molar-refractivity contribution >= 4 is 44.2 Å². The largest absolute Gasteiger partial charge is 0.497 e. The van der Waals surface area contributed by atoms with E-state index in [2.05, 4.69) is 5.16 Å². The summed E-state index contributed by atoms with van der Waals surface area (Å²) in [4.78, 5) is 13.1. The van der Waals surface area contributed by atoms with Crippen molar-refractivity contribution in [2.75, 3.05) is 18.5 Å². The third kappa shape index (κ3) is 7.80. The lowest BCUT2D eigenvalue weighted by Crippen LogP contribution is -2.31. The van der Waals surface area contributed by atoms with Gasteiger partial charge in [0.25, 0.3) is 15.6 Å². The second-order valence-electron chi connectivity index (χ2n) is 11.2. The summed E-state index contributed by atoms with van der Waals surface area (Å²) in [5.41, 5.74) is -1.29. The zero-order valence-corrected chi connectivity index (χ0v) is 29.2. The molecule has 0 saturated carbocycles. The second-order valence-corrected chi connectivity index (χ2v) is 13.4. The van der Waals surface area contributed by atoms with Gasteiger partial charge in [-0.15, -0.1) is 0 Å². The maximum Gasteiger partial charge on any atom is 0.430 e. The van der Waals surface area contributed by atoms with Crippen molar-refractivity contribution in [3.8, 4) is 22.9 Å². The summed E-state index contributed by atoms with van der Waals surface area (Å²) in [5, 5.41) is 3.12. The summed E-state index contributed by atoms with van der Waals surface area (Å²) in [6.07, 6.45) is -6.86. The average molecular weight is 770 g/mol. The molecule has 0 amide bonds. The number of pyridine rings is 1. The standard InChI is InChI=1S/C36H27F4N3O8S2/c1-47-24-11-8-22(9-12-24)21-42(32-16-17-49-41-32)53(45,46)26-13-14-29-23(18-26)10-15-33(44)43(29)30-20-28(37)27(19-31(30)48-2)34(36(38,39)40)51-35(52)50-25-6-4-3-5-7-25/h3-20,34H,21H2,1-2H3. The molecule has 0 N–H and O–H groups in total. The van der Waals surface area contributed by atoms with Gasteiger partial charge in [0.1, 0.15) is 29.3 Å². The number of ether oxygens (including phenoxy) is 4. The van der Waals surface area contributed by atoms with Crippen molar-refractivity contribution in [2.24, 2.45) is 0 Å². The first kappa shape index (κ1) is 36.8. The number of para-hydroxylation sites is 1. The Kier molecular flexibility index (Phi) is 10.4. The third-order valence-electron chi connectivity index (χ3n) is 7.90. The van der Waals surface area contributed by atoms with Crippen molar-refractivity contribution in [3.05, 3.63) is 137 Å². The van der Waals surface area contributed by atoms with Crippen LogP contribution >= 0.6 is 12.2 Å². The van der Waals surface area contributed by atoms with Crippen molar-refractivity contribution in [3.63, 3.8) is 0 Å². The lowest BCUT2D eigenvalue weighted by molar-refractivity contribution is -0.204. The molecule has 274 valence electrons. The van der Waals surface area contributed by atoms with E-state index >= 15 is 4.39 Å². The number of hydrogen-bond donors (Lipinski definition) is 0. The number of benzene rings is 4. The number of halogens is 4. The number of anilines is 1. The lowest BCUT2D eigenvalue weighted by Gasteiger charge is -2.24. The van der Waals surface area contributed by atoms with Gasteiger partial charge in [-0.25, -0.2) is 17.1 Å². The smallest absolute Gasteiger partial charge is 0.430 e. The Morgan fingerprint density at radius 3 is 2.30 bits per heavy atom. The van der Waals surface area contributed by atoms with Crippen LogP contribution in [0.3, 0.4) is 0 Å². The highest BCUT2D eigenvalue weighted by atomic mass is 32.2. The minimum absolute atomic E-state index is 0.000261. The molecule has 53 heavy (non-hydrogen) atoms. The van der Waals surface area contributed by atoms with Gasteiger partial charge >= 0.3 is 11.4 Å². The van der Waals surface area contributed by atoms with Gasteiger partial charge in [0.2, 0.25) is 6.10 Å². The van der Waals surface area contributed by atoms with E-state index in [1.54, 1.807) is 42.5 Å². The van der Waals surface area contributed by atoms with Crippen LogP contribution in [-0.2, 0) is 21.3 Å². The topological polar surface area (TPSA) is 122 Å². The zero-order valence-electron chi connectivity index (χ0n) is 27.6. The second kappa shape index (κ2) is 15.0. The molecule has 2 heterocycles. The summed E-state index contributed by atoms with van der Waals surface area (Å²) in [7, 11) is -1.71. The van der Waals surface area contributed by atoms with E-state index in [9.17, 15) is 26.4 Å². The molecule has 17 heteroatoms. The predicted molar refractivity (Wildman–Crippen MR) is 188 cm³/mol. The summed E-state index contributed by atoms with van der Waals surface area (Å²) >= 11 is 4.87. The van der Waals surface area contributed by atoms with Crippen LogP contribution < -0.4 is 24.1 Å². The number of fused-ring (bicyclic) bond motifs is 1. The van der Waals surface area contributed by atoms with Crippen LogP contribution in [0, 0.1) is 5.82 Å². The highest BCUT2D eigenvalue weighted by Crippen LogP contribution is 2.41. The lowest BCUT2D eigenvalue weighted by atomic mass is 10.1. The maximum atomic E-state index is 15.8. The Morgan fingerprint density at radius 2 is 1.66 bits per heavy atom. The Bertz CT molecular complexity index is 2420. The van der Waals surface area contributed by atoms with Crippen LogP contribution in [-0.4, -0.2) is 43.8 Å². The third-order valence-corrected chi connectivity index (χ3v) is 9.82. The van der Waals surface area contributed by atoms with Gasteiger partial charge in [0.15, 0.2) is 5.82 Å². The molecule has 0 aliphatic rings. The normalized spacial score (nSPS) is 12.3. The molecule has 1 atom stereocenters. The molecule has 0 saturated heterocycles. The highest BCUT2D eigenvalue weighted by molar-refractivity contribution is 7.92. The molecule has 1 unspecified atom stereocenters. The van der Waals surface area contributed by atoms with Crippen molar-refractivity contribution in [1.29, 1.82) is 0 Å². The fourth-order valence-electron chi connectivity index (χ4n) is 5.39. The Hall–Kier alpha value is -5.94. The van der Waals surface area contributed by atoms with Gasteiger partial charge in [-0.05, 0) is 60.2 Å². The van der Waals surface area contributed by atoms with Crippen LogP contribution in [0.4, 0.5) is 23.4 Å². The fourth-order valence-corrected chi connectivity index (χ4v) is 7.01. The minimum Gasteiger partial charge on any atom is -0.497 e. The Balaban J connectivity index is 1.38. The first-order chi connectivity index (χ1) is 25.3. The Labute approximate surface area is 304 Å². The number of sulfonamides is 1. The fraction of sp³-hybridized carbons (Fsp3) is 0.139. The number of nitrogens with zero attached hydrogens (tertiary/aromatic N) is 3. The first-order valence-electron chi connectivity index (χ1n) is 15.4. The van der Waals surface area contributed by atoms with Crippen LogP contribution in [0.2, 0.25) is 0 Å². The number of hydrogen-bond acceptors (Lipinski definition) is 10. The summed E-state index contributed by atoms with van der Waals surface area (Å²) in [6, 6.07) is 23.5. The minimum atomic E-state index is -5.16. The SMILES string of the molecule is COc1ccc(CN(c2ccon2)S(=O)(=O)c2ccc3c(ccc(=O)n3-c3cc(F)c(C(OC(=S)Oc4ccccc4)C(F)(F)F)cc3OC)c2)cc1. The van der Waals surface area contributed by atoms with Crippen LogP contribution in [0.5, 0.6) is 17.2 Å². The number of rotatable bonds is 11. The predicted octanol–water partition coefficient (Wildman–Crippen LogP) is 7.51. The molecule has 0 radical (unpaired) electrons. The zero-order chi connectivity index (χ0) is 37.9. The number of methoxy groups -OCH3 is 2. The molecule has 0 bridgehead atoms. The summed E-state index contributed by atoms with van der Waals surface area (Å²) in [6.45, 7) is -0.134. The number of thiocarbonyl (C=S) groups is 1. The molecule has 0 spiro atoms. The van der Waals surface area contributed by atoms with Crippen molar-refractivity contribution < 1.29 is 49.5 Å².